The van der Waals surface area contributed by atoms with E-state index in [9.17, 15) is 0 Å². The van der Waals surface area contributed by atoms with E-state index < -0.39 is 0 Å². The second-order valence-corrected chi connectivity index (χ2v) is 3.37. The summed E-state index contributed by atoms with van der Waals surface area (Å²) in [4.78, 5) is 0. The Morgan fingerprint density at radius 3 is 2.69 bits per heavy atom. The fourth-order valence-electron chi connectivity index (χ4n) is 1.47. The number of nitrogens with two attached hydrogens (primary N) is 1. The van der Waals surface area contributed by atoms with Gasteiger partial charge in [-0.25, -0.2) is 0 Å². The molecule has 5 heteroatoms. The van der Waals surface area contributed by atoms with Crippen LogP contribution in [0.1, 0.15) is 24.2 Å². The van der Waals surface area contributed by atoms with Gasteiger partial charge in [0.1, 0.15) is 11.4 Å². The van der Waals surface area contributed by atoms with E-state index in [4.69, 9.17) is 10.5 Å². The summed E-state index contributed by atoms with van der Waals surface area (Å²) < 4.78 is 5.36. The number of nitrogens with zero attached hydrogens (tertiary/aromatic N) is 2. The minimum Gasteiger partial charge on any atom is -0.494 e. The molecule has 0 aliphatic carbocycles. The summed E-state index contributed by atoms with van der Waals surface area (Å²) in [6, 6.07) is 7.42. The molecule has 0 saturated carbocycles. The summed E-state index contributed by atoms with van der Waals surface area (Å²) in [5.41, 5.74) is 7.73. The monoisotopic (exact) mass is 218 g/mol. The van der Waals surface area contributed by atoms with Crippen molar-refractivity contribution >= 4 is 0 Å². The molecule has 2 rings (SSSR count). The number of hydrogen-bond donors (Lipinski definition) is 2. The normalized spacial score (nSPS) is 12.4. The summed E-state index contributed by atoms with van der Waals surface area (Å²) in [6.07, 6.45) is 1.63. The number of nitrogens with one attached hydrogen (secondary N) is 1. The Bertz CT molecular complexity index is 424. The van der Waals surface area contributed by atoms with E-state index >= 15 is 0 Å². The molecule has 84 valence electrons. The van der Waals surface area contributed by atoms with Crippen LogP contribution in [0.4, 0.5) is 0 Å². The van der Waals surface area contributed by atoms with Crippen molar-refractivity contribution < 1.29 is 4.74 Å². The van der Waals surface area contributed by atoms with Crippen molar-refractivity contribution in [2.45, 2.75) is 13.0 Å². The van der Waals surface area contributed by atoms with Crippen LogP contribution < -0.4 is 10.5 Å². The zero-order chi connectivity index (χ0) is 11.4. The van der Waals surface area contributed by atoms with Crippen LogP contribution in [0.2, 0.25) is 0 Å². The van der Waals surface area contributed by atoms with Crippen LogP contribution in [-0.4, -0.2) is 22.0 Å². The first kappa shape index (κ1) is 10.6. The molecule has 0 bridgehead atoms. The first-order chi connectivity index (χ1) is 7.81. The number of ether oxygens (including phenoxy) is 1. The highest BCUT2D eigenvalue weighted by atomic mass is 16.5. The Labute approximate surface area is 93.6 Å². The van der Waals surface area contributed by atoms with Crippen molar-refractivity contribution in [3.63, 3.8) is 0 Å². The maximum Gasteiger partial charge on any atom is 0.119 e. The first-order valence-electron chi connectivity index (χ1n) is 5.15. The summed E-state index contributed by atoms with van der Waals surface area (Å²) in [7, 11) is 0. The molecule has 1 aromatic carbocycles. The first-order valence-corrected chi connectivity index (χ1v) is 5.15. The zero-order valence-corrected chi connectivity index (χ0v) is 9.05. The van der Waals surface area contributed by atoms with Gasteiger partial charge in [-0.15, -0.1) is 0 Å². The van der Waals surface area contributed by atoms with Gasteiger partial charge in [0.05, 0.1) is 18.8 Å². The number of hydrogen-bond acceptors (Lipinski definition) is 4. The van der Waals surface area contributed by atoms with E-state index in [-0.39, 0.29) is 6.04 Å². The molecule has 0 spiro atoms. The molecule has 2 aromatic rings. The van der Waals surface area contributed by atoms with Gasteiger partial charge < -0.3 is 10.5 Å². The molecule has 3 N–H and O–H groups in total. The van der Waals surface area contributed by atoms with Crippen molar-refractivity contribution in [1.82, 2.24) is 15.4 Å². The van der Waals surface area contributed by atoms with Crippen LogP contribution in [0, 0.1) is 0 Å². The number of rotatable bonds is 4. The van der Waals surface area contributed by atoms with E-state index in [1.54, 1.807) is 6.20 Å². The van der Waals surface area contributed by atoms with Gasteiger partial charge in [0.15, 0.2) is 0 Å². The second kappa shape index (κ2) is 4.76. The third kappa shape index (κ3) is 2.20. The Morgan fingerprint density at radius 2 is 2.12 bits per heavy atom. The number of aromatic nitrogens is 3. The van der Waals surface area contributed by atoms with Crippen molar-refractivity contribution in [3.05, 3.63) is 41.7 Å². The van der Waals surface area contributed by atoms with Crippen LogP contribution in [-0.2, 0) is 0 Å². The van der Waals surface area contributed by atoms with Gasteiger partial charge in [-0.1, -0.05) is 12.1 Å². The quantitative estimate of drug-likeness (QED) is 0.809. The largest absolute Gasteiger partial charge is 0.494 e. The van der Waals surface area contributed by atoms with E-state index in [0.717, 1.165) is 17.0 Å². The lowest BCUT2D eigenvalue weighted by Crippen LogP contribution is -2.12. The van der Waals surface area contributed by atoms with Crippen LogP contribution >= 0.6 is 0 Å². The molecule has 0 amide bonds. The second-order valence-electron chi connectivity index (χ2n) is 3.37. The van der Waals surface area contributed by atoms with Gasteiger partial charge >= 0.3 is 0 Å². The maximum atomic E-state index is 6.02. The fraction of sp³-hybridized carbons (Fsp3) is 0.273. The SMILES string of the molecule is CCOc1ccc(C(N)c2cn[nH]n2)cc1. The molecular formula is C11H14N4O. The Balaban J connectivity index is 2.15. The topological polar surface area (TPSA) is 76.8 Å². The van der Waals surface area contributed by atoms with Crippen LogP contribution in [0.15, 0.2) is 30.5 Å². The van der Waals surface area contributed by atoms with E-state index in [2.05, 4.69) is 15.4 Å². The minimum atomic E-state index is -0.255. The maximum absolute atomic E-state index is 6.02. The molecule has 1 atom stereocenters. The Hall–Kier alpha value is -1.88. The third-order valence-corrected chi connectivity index (χ3v) is 2.30. The van der Waals surface area contributed by atoms with Gasteiger partial charge in [0.25, 0.3) is 0 Å². The van der Waals surface area contributed by atoms with Gasteiger partial charge in [-0.3, -0.25) is 0 Å². The van der Waals surface area contributed by atoms with Crippen molar-refractivity contribution in [3.8, 4) is 5.75 Å². The highest BCUT2D eigenvalue weighted by Gasteiger charge is 2.11. The van der Waals surface area contributed by atoms with Gasteiger partial charge in [0, 0.05) is 0 Å². The lowest BCUT2D eigenvalue weighted by molar-refractivity contribution is 0.340. The van der Waals surface area contributed by atoms with E-state index in [1.165, 1.54) is 0 Å². The van der Waals surface area contributed by atoms with Crippen LogP contribution in [0.3, 0.4) is 0 Å². The molecule has 5 nitrogen and oxygen atoms in total. The Morgan fingerprint density at radius 1 is 1.38 bits per heavy atom. The molecule has 0 fully saturated rings. The van der Waals surface area contributed by atoms with Crippen molar-refractivity contribution in [2.24, 2.45) is 5.73 Å². The summed E-state index contributed by atoms with van der Waals surface area (Å²) in [5, 5.41) is 10.2. The average Bonchev–Trinajstić information content (AvgIpc) is 2.83. The predicted octanol–water partition coefficient (Wildman–Crippen LogP) is 1.25. The summed E-state index contributed by atoms with van der Waals surface area (Å²) in [6.45, 7) is 2.61. The molecule has 0 saturated heterocycles. The highest BCUT2D eigenvalue weighted by molar-refractivity contribution is 5.32. The number of benzene rings is 1. The molecular weight excluding hydrogens is 204 g/mol. The minimum absolute atomic E-state index is 0.255. The van der Waals surface area contributed by atoms with Gasteiger partial charge in [-0.05, 0) is 24.6 Å². The lowest BCUT2D eigenvalue weighted by atomic mass is 10.1. The summed E-state index contributed by atoms with van der Waals surface area (Å²) in [5.74, 6) is 0.846. The standard InChI is InChI=1S/C11H14N4O/c1-2-16-9-5-3-8(4-6-9)11(12)10-7-13-15-14-10/h3-7,11H,2,12H2,1H3,(H,13,14,15). The molecule has 0 radical (unpaired) electrons. The van der Waals surface area contributed by atoms with E-state index in [0.29, 0.717) is 6.61 Å². The smallest absolute Gasteiger partial charge is 0.119 e. The Kier molecular flexibility index (Phi) is 3.16. The third-order valence-electron chi connectivity index (χ3n) is 2.30. The molecule has 1 heterocycles. The predicted molar refractivity (Wildman–Crippen MR) is 60.0 cm³/mol. The van der Waals surface area contributed by atoms with E-state index in [1.807, 2.05) is 31.2 Å². The van der Waals surface area contributed by atoms with Gasteiger partial charge in [-0.2, -0.15) is 15.4 Å². The van der Waals surface area contributed by atoms with Gasteiger partial charge in [0.2, 0.25) is 0 Å². The number of aromatic amines is 1. The van der Waals surface area contributed by atoms with Crippen molar-refractivity contribution in [1.29, 1.82) is 0 Å². The highest BCUT2D eigenvalue weighted by Crippen LogP contribution is 2.19. The fourth-order valence-corrected chi connectivity index (χ4v) is 1.47. The van der Waals surface area contributed by atoms with Crippen LogP contribution in [0.25, 0.3) is 0 Å². The molecule has 0 aliphatic rings. The molecule has 1 aromatic heterocycles. The average molecular weight is 218 g/mol. The van der Waals surface area contributed by atoms with Crippen LogP contribution in [0.5, 0.6) is 5.75 Å². The molecule has 1 unspecified atom stereocenters. The van der Waals surface area contributed by atoms with Crippen molar-refractivity contribution in [2.75, 3.05) is 6.61 Å². The molecule has 0 aliphatic heterocycles. The number of H-pyrrole nitrogens is 1. The lowest BCUT2D eigenvalue weighted by Gasteiger charge is -2.09. The summed E-state index contributed by atoms with van der Waals surface area (Å²) >= 11 is 0. The molecule has 16 heavy (non-hydrogen) atoms. The zero-order valence-electron chi connectivity index (χ0n) is 9.05.